The van der Waals surface area contributed by atoms with E-state index in [1.165, 1.54) is 0 Å². The molecule has 0 radical (unpaired) electrons. The van der Waals surface area contributed by atoms with E-state index >= 15 is 0 Å². The summed E-state index contributed by atoms with van der Waals surface area (Å²) in [7, 11) is 0. The molecule has 0 aliphatic carbocycles. The van der Waals surface area contributed by atoms with Crippen molar-refractivity contribution in [3.63, 3.8) is 0 Å². The molecule has 0 aliphatic heterocycles. The van der Waals surface area contributed by atoms with Crippen molar-refractivity contribution in [2.45, 2.75) is 0 Å². The minimum Gasteiger partial charge on any atom is -0.320 e. The van der Waals surface area contributed by atoms with Crippen molar-refractivity contribution in [3.8, 4) is 0 Å². The van der Waals surface area contributed by atoms with Crippen molar-refractivity contribution in [2.24, 2.45) is 0 Å². The van der Waals surface area contributed by atoms with Crippen LogP contribution in [-0.2, 0) is 0 Å². The van der Waals surface area contributed by atoms with Gasteiger partial charge in [-0.2, -0.15) is 0 Å². The molecule has 0 fully saturated rings. The van der Waals surface area contributed by atoms with E-state index in [2.05, 4.69) is 52.5 Å². The Morgan fingerprint density at radius 1 is 0.532 bits per heavy atom. The predicted molar refractivity (Wildman–Crippen MR) is 196 cm³/mol. The highest BCUT2D eigenvalue weighted by atomic mass is 79.9. The highest BCUT2D eigenvalue weighted by Crippen LogP contribution is 2.41. The number of nitrogens with one attached hydrogen (secondary N) is 2. The lowest BCUT2D eigenvalue weighted by Gasteiger charge is -2.29. The number of aromatic nitrogens is 2. The molecule has 0 saturated heterocycles. The van der Waals surface area contributed by atoms with Gasteiger partial charge in [0.1, 0.15) is 0 Å². The Hall–Kier alpha value is -5.38. The Kier molecular flexibility index (Phi) is 8.48. The van der Waals surface area contributed by atoms with Crippen LogP contribution >= 0.6 is 31.9 Å². The Labute approximate surface area is 287 Å². The van der Waals surface area contributed by atoms with Crippen molar-refractivity contribution in [1.29, 1.82) is 0 Å². The maximum atomic E-state index is 14.1. The summed E-state index contributed by atoms with van der Waals surface area (Å²) < 4.78 is 1.53. The van der Waals surface area contributed by atoms with Crippen LogP contribution in [0.2, 0.25) is 0 Å². The summed E-state index contributed by atoms with van der Waals surface area (Å²) >= 11 is 7.25. The van der Waals surface area contributed by atoms with Crippen LogP contribution in [0.4, 0.5) is 28.4 Å². The summed E-state index contributed by atoms with van der Waals surface area (Å²) in [5, 5.41) is 7.99. The first-order chi connectivity index (χ1) is 23.0. The third-order valence-corrected chi connectivity index (χ3v) is 8.65. The smallest absolute Gasteiger partial charge is 0.257 e. The molecule has 0 bridgehead atoms. The number of anilines is 5. The molecule has 5 aromatic carbocycles. The van der Waals surface area contributed by atoms with Gasteiger partial charge in [-0.05, 0) is 72.8 Å². The number of para-hydroxylation sites is 3. The van der Waals surface area contributed by atoms with E-state index in [-0.39, 0.29) is 11.8 Å². The molecular weight excluding hydrogens is 718 g/mol. The Morgan fingerprint density at radius 2 is 1.00 bits per heavy atom. The molecule has 9 heteroatoms. The van der Waals surface area contributed by atoms with Gasteiger partial charge in [-0.3, -0.25) is 19.6 Å². The SMILES string of the molecule is O=C(Nc1cccc2cccnc12)c1ccc(Br)cc1N(c1ccccc1)c1cc(Br)ccc1C(=O)Nc1cccc2cccnc12. The molecule has 7 aromatic rings. The lowest BCUT2D eigenvalue weighted by molar-refractivity contribution is 0.102. The van der Waals surface area contributed by atoms with Crippen LogP contribution in [0.25, 0.3) is 21.8 Å². The largest absolute Gasteiger partial charge is 0.320 e. The van der Waals surface area contributed by atoms with E-state index in [0.717, 1.165) is 25.4 Å². The Morgan fingerprint density at radius 3 is 1.49 bits per heavy atom. The summed E-state index contributed by atoms with van der Waals surface area (Å²) in [6.07, 6.45) is 3.41. The van der Waals surface area contributed by atoms with Gasteiger partial charge in [-0.15, -0.1) is 0 Å². The second kappa shape index (κ2) is 13.2. The molecule has 0 saturated carbocycles. The molecule has 0 unspecified atom stereocenters. The average molecular weight is 743 g/mol. The van der Waals surface area contributed by atoms with Gasteiger partial charge in [-0.1, -0.05) is 86.5 Å². The fourth-order valence-corrected chi connectivity index (χ4v) is 6.24. The lowest BCUT2D eigenvalue weighted by Crippen LogP contribution is -2.22. The molecule has 7 rings (SSSR count). The van der Waals surface area contributed by atoms with Crippen LogP contribution in [0.1, 0.15) is 20.7 Å². The second-order valence-electron chi connectivity index (χ2n) is 10.7. The zero-order valence-corrected chi connectivity index (χ0v) is 27.9. The number of carbonyl (C=O) groups is 2. The van der Waals surface area contributed by atoms with Gasteiger partial charge in [0, 0.05) is 37.8 Å². The number of nitrogens with zero attached hydrogens (tertiary/aromatic N) is 3. The molecule has 0 atom stereocenters. The van der Waals surface area contributed by atoms with Gasteiger partial charge in [0.2, 0.25) is 0 Å². The van der Waals surface area contributed by atoms with Gasteiger partial charge in [-0.25, -0.2) is 0 Å². The molecule has 2 heterocycles. The topological polar surface area (TPSA) is 87.2 Å². The Bertz CT molecular complexity index is 2140. The fourth-order valence-electron chi connectivity index (χ4n) is 5.54. The van der Waals surface area contributed by atoms with Gasteiger partial charge in [0.25, 0.3) is 11.8 Å². The third-order valence-electron chi connectivity index (χ3n) is 7.67. The summed E-state index contributed by atoms with van der Waals surface area (Å²) in [6, 6.07) is 39.5. The maximum Gasteiger partial charge on any atom is 0.257 e. The predicted octanol–water partition coefficient (Wildman–Crippen LogP) is 10.3. The third kappa shape index (κ3) is 6.23. The molecular formula is C38H25Br2N5O2. The number of hydrogen-bond donors (Lipinski definition) is 2. The highest BCUT2D eigenvalue weighted by Gasteiger charge is 2.25. The second-order valence-corrected chi connectivity index (χ2v) is 12.5. The van der Waals surface area contributed by atoms with Gasteiger partial charge < -0.3 is 15.5 Å². The fraction of sp³-hybridized carbons (Fsp3) is 0. The van der Waals surface area contributed by atoms with Gasteiger partial charge >= 0.3 is 0 Å². The quantitative estimate of drug-likeness (QED) is 0.170. The van der Waals surface area contributed by atoms with E-state index < -0.39 is 0 Å². The number of halogens is 2. The average Bonchev–Trinajstić information content (AvgIpc) is 3.09. The van der Waals surface area contributed by atoms with Gasteiger partial charge in [0.15, 0.2) is 0 Å². The number of carbonyl (C=O) groups excluding carboxylic acids is 2. The van der Waals surface area contributed by atoms with E-state index in [0.29, 0.717) is 44.9 Å². The van der Waals surface area contributed by atoms with Crippen LogP contribution in [0, 0.1) is 0 Å². The van der Waals surface area contributed by atoms with E-state index in [4.69, 9.17) is 0 Å². The van der Waals surface area contributed by atoms with E-state index in [1.54, 1.807) is 24.5 Å². The summed E-state index contributed by atoms with van der Waals surface area (Å²) in [4.78, 5) is 39.2. The minimum absolute atomic E-state index is 0.325. The van der Waals surface area contributed by atoms with E-state index in [1.807, 2.05) is 120 Å². The zero-order chi connectivity index (χ0) is 32.3. The van der Waals surface area contributed by atoms with Crippen molar-refractivity contribution in [3.05, 3.63) is 160 Å². The number of hydrogen-bond acceptors (Lipinski definition) is 5. The minimum atomic E-state index is -0.325. The van der Waals surface area contributed by atoms with Crippen molar-refractivity contribution < 1.29 is 9.59 Å². The first kappa shape index (κ1) is 30.3. The number of fused-ring (bicyclic) bond motifs is 2. The van der Waals surface area contributed by atoms with Crippen LogP contribution in [0.15, 0.2) is 149 Å². The van der Waals surface area contributed by atoms with Crippen molar-refractivity contribution in [1.82, 2.24) is 9.97 Å². The van der Waals surface area contributed by atoms with Gasteiger partial charge in [0.05, 0.1) is 44.9 Å². The molecule has 47 heavy (non-hydrogen) atoms. The molecule has 0 spiro atoms. The lowest BCUT2D eigenvalue weighted by atomic mass is 10.0. The first-order valence-corrected chi connectivity index (χ1v) is 16.3. The standard InChI is InChI=1S/C38H25Br2N5O2/c39-26-16-18-29(37(46)43-31-14-4-8-24-10-6-20-41-35(24)31)33(22-26)45(28-12-2-1-3-13-28)34-23-27(40)17-19-30(34)38(47)44-32-15-5-9-25-11-7-21-42-36(25)32/h1-23H,(H,43,46)(H,44,47). The maximum absolute atomic E-state index is 14.1. The number of benzene rings is 5. The van der Waals surface area contributed by atoms with Crippen LogP contribution in [0.3, 0.4) is 0 Å². The molecule has 2 N–H and O–H groups in total. The Balaban J connectivity index is 1.35. The van der Waals surface area contributed by atoms with Crippen LogP contribution in [0.5, 0.6) is 0 Å². The molecule has 228 valence electrons. The normalized spacial score (nSPS) is 10.9. The van der Waals surface area contributed by atoms with E-state index in [9.17, 15) is 9.59 Å². The number of rotatable bonds is 7. The monoisotopic (exact) mass is 741 g/mol. The molecule has 2 aromatic heterocycles. The van der Waals surface area contributed by atoms with Crippen molar-refractivity contribution in [2.75, 3.05) is 15.5 Å². The molecule has 7 nitrogen and oxygen atoms in total. The molecule has 2 amide bonds. The molecule has 0 aliphatic rings. The first-order valence-electron chi connectivity index (χ1n) is 14.7. The summed E-state index contributed by atoms with van der Waals surface area (Å²) in [5.74, 6) is -0.649. The van der Waals surface area contributed by atoms with Crippen molar-refractivity contribution >= 4 is 93.9 Å². The number of pyridine rings is 2. The summed E-state index contributed by atoms with van der Waals surface area (Å²) in [5.41, 5.74) is 5.26. The number of amides is 2. The van der Waals surface area contributed by atoms with Crippen LogP contribution in [-0.4, -0.2) is 21.8 Å². The summed E-state index contributed by atoms with van der Waals surface area (Å²) in [6.45, 7) is 0. The van der Waals surface area contributed by atoms with Crippen LogP contribution < -0.4 is 15.5 Å². The highest BCUT2D eigenvalue weighted by molar-refractivity contribution is 9.10. The zero-order valence-electron chi connectivity index (χ0n) is 24.7.